The summed E-state index contributed by atoms with van der Waals surface area (Å²) < 4.78 is 10.6. The maximum absolute atomic E-state index is 12.0. The van der Waals surface area contributed by atoms with Crippen molar-refractivity contribution in [3.8, 4) is 5.75 Å². The number of hydrogen-bond donors (Lipinski definition) is 2. The maximum Gasteiger partial charge on any atom is 0.271 e. The molecule has 3 aromatic rings. The van der Waals surface area contributed by atoms with E-state index in [1.54, 1.807) is 18.4 Å². The van der Waals surface area contributed by atoms with E-state index in [4.69, 9.17) is 9.15 Å². The van der Waals surface area contributed by atoms with Gasteiger partial charge in [0.2, 0.25) is 0 Å². The third kappa shape index (κ3) is 4.57. The van der Waals surface area contributed by atoms with Crippen LogP contribution in [0, 0.1) is 0 Å². The first-order valence-corrected chi connectivity index (χ1v) is 7.87. The van der Waals surface area contributed by atoms with Gasteiger partial charge in [0.15, 0.2) is 0 Å². The molecular formula is C18H18N4O3. The van der Waals surface area contributed by atoms with E-state index in [1.165, 1.54) is 12.4 Å². The second-order valence-electron chi connectivity index (χ2n) is 5.13. The monoisotopic (exact) mass is 338 g/mol. The third-order valence-corrected chi connectivity index (χ3v) is 3.33. The lowest BCUT2D eigenvalue weighted by atomic mass is 10.3. The molecule has 0 unspecified atom stereocenters. The van der Waals surface area contributed by atoms with Gasteiger partial charge in [0.05, 0.1) is 31.8 Å². The fourth-order valence-electron chi connectivity index (χ4n) is 2.13. The van der Waals surface area contributed by atoms with Crippen LogP contribution in [0.1, 0.15) is 23.2 Å². The molecule has 0 saturated carbocycles. The second kappa shape index (κ2) is 7.96. The SMILES string of the molecule is CCOc1ccc(Nc2cnc(C(=O)NCc3ccco3)cn2)cc1. The van der Waals surface area contributed by atoms with Crippen molar-refractivity contribution < 1.29 is 13.9 Å². The number of carbonyl (C=O) groups is 1. The summed E-state index contributed by atoms with van der Waals surface area (Å²) in [5, 5.41) is 5.84. The van der Waals surface area contributed by atoms with Crippen LogP contribution in [0.3, 0.4) is 0 Å². The molecule has 0 fully saturated rings. The first-order chi connectivity index (χ1) is 12.2. The minimum absolute atomic E-state index is 0.240. The molecule has 3 rings (SSSR count). The first-order valence-electron chi connectivity index (χ1n) is 7.87. The summed E-state index contributed by atoms with van der Waals surface area (Å²) in [6.45, 7) is 2.87. The number of carbonyl (C=O) groups excluding carboxylic acids is 1. The van der Waals surface area contributed by atoms with Crippen molar-refractivity contribution in [3.05, 3.63) is 66.5 Å². The van der Waals surface area contributed by atoms with Crippen molar-refractivity contribution in [1.82, 2.24) is 15.3 Å². The van der Waals surface area contributed by atoms with Gasteiger partial charge in [0.25, 0.3) is 5.91 Å². The van der Waals surface area contributed by atoms with Gasteiger partial charge >= 0.3 is 0 Å². The molecule has 25 heavy (non-hydrogen) atoms. The highest BCUT2D eigenvalue weighted by Gasteiger charge is 2.08. The van der Waals surface area contributed by atoms with Crippen LogP contribution in [-0.2, 0) is 6.54 Å². The Morgan fingerprint density at radius 3 is 2.64 bits per heavy atom. The molecular weight excluding hydrogens is 320 g/mol. The smallest absolute Gasteiger partial charge is 0.271 e. The Balaban J connectivity index is 1.56. The van der Waals surface area contributed by atoms with Crippen molar-refractivity contribution in [2.45, 2.75) is 13.5 Å². The van der Waals surface area contributed by atoms with E-state index in [-0.39, 0.29) is 11.6 Å². The quantitative estimate of drug-likeness (QED) is 0.688. The normalized spacial score (nSPS) is 10.3. The van der Waals surface area contributed by atoms with Crippen LogP contribution in [0.2, 0.25) is 0 Å². The predicted molar refractivity (Wildman–Crippen MR) is 92.8 cm³/mol. The van der Waals surface area contributed by atoms with Crippen molar-refractivity contribution in [2.24, 2.45) is 0 Å². The first kappa shape index (κ1) is 16.5. The Hall–Kier alpha value is -3.35. The van der Waals surface area contributed by atoms with Gasteiger partial charge in [-0.3, -0.25) is 4.79 Å². The molecule has 7 heteroatoms. The summed E-state index contributed by atoms with van der Waals surface area (Å²) in [5.41, 5.74) is 1.09. The molecule has 1 amide bonds. The van der Waals surface area contributed by atoms with Gasteiger partial charge in [0.1, 0.15) is 23.0 Å². The molecule has 7 nitrogen and oxygen atoms in total. The van der Waals surface area contributed by atoms with E-state index in [9.17, 15) is 4.79 Å². The minimum Gasteiger partial charge on any atom is -0.494 e. The molecule has 0 aliphatic heterocycles. The molecule has 0 bridgehead atoms. The fraction of sp³-hybridized carbons (Fsp3) is 0.167. The average molecular weight is 338 g/mol. The number of furan rings is 1. The summed E-state index contributed by atoms with van der Waals surface area (Å²) in [6, 6.07) is 11.1. The van der Waals surface area contributed by atoms with E-state index in [0.717, 1.165) is 11.4 Å². The van der Waals surface area contributed by atoms with E-state index in [2.05, 4.69) is 20.6 Å². The number of rotatable bonds is 7. The molecule has 2 heterocycles. The van der Waals surface area contributed by atoms with Gasteiger partial charge < -0.3 is 19.8 Å². The molecule has 0 saturated heterocycles. The van der Waals surface area contributed by atoms with Gasteiger partial charge in [-0.25, -0.2) is 9.97 Å². The van der Waals surface area contributed by atoms with Gasteiger partial charge in [-0.2, -0.15) is 0 Å². The number of nitrogens with one attached hydrogen (secondary N) is 2. The fourth-order valence-corrected chi connectivity index (χ4v) is 2.13. The van der Waals surface area contributed by atoms with Gasteiger partial charge in [-0.15, -0.1) is 0 Å². The van der Waals surface area contributed by atoms with Gasteiger partial charge in [-0.05, 0) is 43.3 Å². The van der Waals surface area contributed by atoms with Crippen LogP contribution in [0.5, 0.6) is 5.75 Å². The van der Waals surface area contributed by atoms with Crippen molar-refractivity contribution in [2.75, 3.05) is 11.9 Å². The molecule has 0 aliphatic carbocycles. The predicted octanol–water partition coefficient (Wildman–Crippen LogP) is 3.14. The zero-order valence-corrected chi connectivity index (χ0v) is 13.7. The highest BCUT2D eigenvalue weighted by molar-refractivity contribution is 5.91. The number of amides is 1. The average Bonchev–Trinajstić information content (AvgIpc) is 3.16. The van der Waals surface area contributed by atoms with Gasteiger partial charge in [-0.1, -0.05) is 0 Å². The summed E-state index contributed by atoms with van der Waals surface area (Å²) >= 11 is 0. The lowest BCUT2D eigenvalue weighted by Crippen LogP contribution is -2.23. The van der Waals surface area contributed by atoms with Crippen LogP contribution in [0.15, 0.2) is 59.5 Å². The highest BCUT2D eigenvalue weighted by atomic mass is 16.5. The molecule has 0 atom stereocenters. The molecule has 0 radical (unpaired) electrons. The molecule has 0 spiro atoms. The molecule has 2 aromatic heterocycles. The Morgan fingerprint density at radius 1 is 1.16 bits per heavy atom. The summed E-state index contributed by atoms with van der Waals surface area (Å²) in [6.07, 6.45) is 4.50. The Kier molecular flexibility index (Phi) is 5.26. The lowest BCUT2D eigenvalue weighted by molar-refractivity contribution is 0.0942. The maximum atomic E-state index is 12.0. The summed E-state index contributed by atoms with van der Waals surface area (Å²) in [7, 11) is 0. The molecule has 2 N–H and O–H groups in total. The number of hydrogen-bond acceptors (Lipinski definition) is 6. The van der Waals surface area contributed by atoms with Crippen LogP contribution in [0.4, 0.5) is 11.5 Å². The zero-order valence-electron chi connectivity index (χ0n) is 13.7. The largest absolute Gasteiger partial charge is 0.494 e. The van der Waals surface area contributed by atoms with Crippen LogP contribution in [0.25, 0.3) is 0 Å². The number of ether oxygens (including phenoxy) is 1. The lowest BCUT2D eigenvalue weighted by Gasteiger charge is -2.08. The molecule has 128 valence electrons. The van der Waals surface area contributed by atoms with Gasteiger partial charge in [0, 0.05) is 5.69 Å². The van der Waals surface area contributed by atoms with E-state index in [1.807, 2.05) is 31.2 Å². The van der Waals surface area contributed by atoms with E-state index >= 15 is 0 Å². The highest BCUT2D eigenvalue weighted by Crippen LogP contribution is 2.18. The van der Waals surface area contributed by atoms with Crippen molar-refractivity contribution in [3.63, 3.8) is 0 Å². The third-order valence-electron chi connectivity index (χ3n) is 3.33. The van der Waals surface area contributed by atoms with E-state index in [0.29, 0.717) is 24.7 Å². The molecule has 1 aromatic carbocycles. The van der Waals surface area contributed by atoms with Crippen molar-refractivity contribution >= 4 is 17.4 Å². The number of aromatic nitrogens is 2. The summed E-state index contributed by atoms with van der Waals surface area (Å²) in [5.74, 6) is 1.72. The van der Waals surface area contributed by atoms with E-state index < -0.39 is 0 Å². The number of benzene rings is 1. The Labute approximate surface area is 145 Å². The second-order valence-corrected chi connectivity index (χ2v) is 5.13. The number of nitrogens with zero attached hydrogens (tertiary/aromatic N) is 2. The molecule has 0 aliphatic rings. The standard InChI is InChI=1S/C18H18N4O3/c1-2-24-14-7-5-13(6-8-14)22-17-12-19-16(11-20-17)18(23)21-10-15-4-3-9-25-15/h3-9,11-12H,2,10H2,1H3,(H,20,22)(H,21,23). The van der Waals surface area contributed by atoms with Crippen LogP contribution >= 0.6 is 0 Å². The minimum atomic E-state index is -0.309. The zero-order chi connectivity index (χ0) is 17.5. The van der Waals surface area contributed by atoms with Crippen LogP contribution in [-0.4, -0.2) is 22.5 Å². The topological polar surface area (TPSA) is 89.3 Å². The Morgan fingerprint density at radius 2 is 2.00 bits per heavy atom. The summed E-state index contributed by atoms with van der Waals surface area (Å²) in [4.78, 5) is 20.4. The van der Waals surface area contributed by atoms with Crippen molar-refractivity contribution in [1.29, 1.82) is 0 Å². The Bertz CT molecular complexity index is 799. The van der Waals surface area contributed by atoms with Crippen LogP contribution < -0.4 is 15.4 Å². The number of anilines is 2.